The van der Waals surface area contributed by atoms with Crippen molar-refractivity contribution in [3.63, 3.8) is 0 Å². The third-order valence-electron chi connectivity index (χ3n) is 6.02. The third-order valence-corrected chi connectivity index (χ3v) is 6.02. The molecule has 0 bridgehead atoms. The number of ether oxygens (including phenoxy) is 2. The molecule has 0 saturated carbocycles. The molecule has 0 saturated heterocycles. The van der Waals surface area contributed by atoms with E-state index in [-0.39, 0.29) is 29.9 Å². The number of hydrogen-bond acceptors (Lipinski definition) is 3. The van der Waals surface area contributed by atoms with Gasteiger partial charge in [0.15, 0.2) is 35.5 Å². The summed E-state index contributed by atoms with van der Waals surface area (Å²) in [5.41, 5.74) is -1.14. The molecule has 0 N–H and O–H groups in total. The van der Waals surface area contributed by atoms with Crippen molar-refractivity contribution in [2.45, 2.75) is 38.5 Å². The molecule has 4 rings (SSSR count). The highest BCUT2D eigenvalue weighted by molar-refractivity contribution is 5.94. The summed E-state index contributed by atoms with van der Waals surface area (Å²) in [4.78, 5) is 12.7. The van der Waals surface area contributed by atoms with Crippen molar-refractivity contribution < 1.29 is 36.2 Å². The van der Waals surface area contributed by atoms with Crippen LogP contribution in [-0.4, -0.2) is 12.6 Å². The van der Waals surface area contributed by atoms with Gasteiger partial charge in [-0.05, 0) is 61.1 Å². The van der Waals surface area contributed by atoms with Crippen molar-refractivity contribution in [3.05, 3.63) is 94.9 Å². The molecule has 3 nitrogen and oxygen atoms in total. The van der Waals surface area contributed by atoms with Gasteiger partial charge in [-0.25, -0.2) is 26.7 Å². The molecule has 8 heteroatoms. The standard InChI is InChI=1S/C28H23F5O3/c1-3-5-7-15-8-6-9-18(19(29)14-15)28(34)36-21-13-11-17-16-10-12-20(35-4-2)24(30)22(16)26(32)27(33)23(17)25(21)31/h3,8-14,26-27H,1,4-7H2,2H3. The van der Waals surface area contributed by atoms with Gasteiger partial charge in [0.25, 0.3) is 0 Å². The fraction of sp³-hybridized carbons (Fsp3) is 0.250. The predicted octanol–water partition coefficient (Wildman–Crippen LogP) is 8.05. The highest BCUT2D eigenvalue weighted by Gasteiger charge is 2.40. The van der Waals surface area contributed by atoms with E-state index < -0.39 is 58.2 Å². The molecule has 0 radical (unpaired) electrons. The van der Waals surface area contributed by atoms with Gasteiger partial charge in [-0.1, -0.05) is 30.4 Å². The van der Waals surface area contributed by atoms with Gasteiger partial charge >= 0.3 is 5.97 Å². The number of carbonyl (C=O) groups is 1. The van der Waals surface area contributed by atoms with Gasteiger partial charge in [-0.3, -0.25) is 0 Å². The summed E-state index contributed by atoms with van der Waals surface area (Å²) >= 11 is 0. The molecule has 0 spiro atoms. The number of hydrogen-bond donors (Lipinski definition) is 0. The summed E-state index contributed by atoms with van der Waals surface area (Å²) in [5.74, 6) is -5.35. The number of rotatable bonds is 7. The van der Waals surface area contributed by atoms with E-state index in [1.165, 1.54) is 30.4 Å². The summed E-state index contributed by atoms with van der Waals surface area (Å²) in [7, 11) is 0. The quantitative estimate of drug-likeness (QED) is 0.166. The zero-order valence-corrected chi connectivity index (χ0v) is 19.4. The number of alkyl halides is 2. The number of halogens is 5. The van der Waals surface area contributed by atoms with Gasteiger partial charge in [-0.2, -0.15) is 0 Å². The molecule has 36 heavy (non-hydrogen) atoms. The van der Waals surface area contributed by atoms with E-state index in [4.69, 9.17) is 9.47 Å². The van der Waals surface area contributed by atoms with Crippen LogP contribution in [-0.2, 0) is 4.79 Å². The van der Waals surface area contributed by atoms with Crippen LogP contribution in [0.2, 0.25) is 0 Å². The van der Waals surface area contributed by atoms with Crippen molar-refractivity contribution >= 4 is 5.97 Å². The Morgan fingerprint density at radius 3 is 2.22 bits per heavy atom. The van der Waals surface area contributed by atoms with Crippen LogP contribution in [0.5, 0.6) is 11.5 Å². The van der Waals surface area contributed by atoms with Crippen molar-refractivity contribution in [1.82, 2.24) is 0 Å². The molecule has 0 aliphatic heterocycles. The van der Waals surface area contributed by atoms with Crippen LogP contribution in [0.15, 0.2) is 72.1 Å². The lowest BCUT2D eigenvalue weighted by Gasteiger charge is -2.28. The maximum Gasteiger partial charge on any atom is 0.346 e. The minimum absolute atomic E-state index is 0.0392. The molecule has 0 fully saturated rings. The van der Waals surface area contributed by atoms with E-state index in [1.54, 1.807) is 19.1 Å². The Morgan fingerprint density at radius 2 is 1.61 bits per heavy atom. The molecule has 0 heterocycles. The summed E-state index contributed by atoms with van der Waals surface area (Å²) < 4.78 is 85.1. The van der Waals surface area contributed by atoms with Crippen molar-refractivity contribution in [2.75, 3.05) is 6.61 Å². The highest BCUT2D eigenvalue weighted by Crippen LogP contribution is 2.52. The van der Waals surface area contributed by atoms with Gasteiger partial charge in [0.05, 0.1) is 12.2 Å². The van der Waals surface area contributed by atoms with E-state index in [0.29, 0.717) is 18.4 Å². The first-order valence-electron chi connectivity index (χ1n) is 11.4. The first-order chi connectivity index (χ1) is 17.3. The average molecular weight is 502 g/mol. The zero-order chi connectivity index (χ0) is 26.0. The Kier molecular flexibility index (Phi) is 7.43. The summed E-state index contributed by atoms with van der Waals surface area (Å²) in [6.45, 7) is 5.34. The van der Waals surface area contributed by atoms with Crippen molar-refractivity contribution in [2.24, 2.45) is 0 Å². The lowest BCUT2D eigenvalue weighted by molar-refractivity contribution is -0.130. The SMILES string of the molecule is C=CCCC1=CCC=C(C(=O)Oc2ccc3c(c2F)C(F)C(F)c2c-3ccc(OCC)c2F)C(F)=C1. The van der Waals surface area contributed by atoms with Gasteiger partial charge in [0.1, 0.15) is 5.83 Å². The fourth-order valence-corrected chi connectivity index (χ4v) is 4.30. The third kappa shape index (κ3) is 4.59. The van der Waals surface area contributed by atoms with E-state index in [1.807, 2.05) is 0 Å². The Labute approximate surface area is 205 Å². The Balaban J connectivity index is 1.66. The number of allylic oxidation sites excluding steroid dienone is 5. The topological polar surface area (TPSA) is 35.5 Å². The lowest BCUT2D eigenvalue weighted by atomic mass is 9.82. The maximum atomic E-state index is 15.3. The molecule has 2 atom stereocenters. The van der Waals surface area contributed by atoms with Crippen molar-refractivity contribution in [1.29, 1.82) is 0 Å². The van der Waals surface area contributed by atoms with Gasteiger partial charge < -0.3 is 9.47 Å². The maximum absolute atomic E-state index is 15.3. The second kappa shape index (κ2) is 10.5. The van der Waals surface area contributed by atoms with Crippen LogP contribution in [0, 0.1) is 11.6 Å². The van der Waals surface area contributed by atoms with Crippen LogP contribution < -0.4 is 9.47 Å². The van der Waals surface area contributed by atoms with Crippen LogP contribution in [0.3, 0.4) is 0 Å². The van der Waals surface area contributed by atoms with Crippen LogP contribution in [0.1, 0.15) is 49.7 Å². The van der Waals surface area contributed by atoms with Crippen molar-refractivity contribution in [3.8, 4) is 22.6 Å². The molecule has 2 aliphatic rings. The minimum Gasteiger partial charge on any atom is -0.491 e. The number of fused-ring (bicyclic) bond motifs is 3. The number of esters is 1. The predicted molar refractivity (Wildman–Crippen MR) is 126 cm³/mol. The molecule has 0 aromatic heterocycles. The molecule has 2 aromatic rings. The normalized spacial score (nSPS) is 18.7. The Hall–Kier alpha value is -3.68. The van der Waals surface area contributed by atoms with Gasteiger partial charge in [0, 0.05) is 11.1 Å². The molecule has 2 aliphatic carbocycles. The monoisotopic (exact) mass is 502 g/mol. The fourth-order valence-electron chi connectivity index (χ4n) is 4.30. The second-order valence-electron chi connectivity index (χ2n) is 8.26. The van der Waals surface area contributed by atoms with Crippen LogP contribution in [0.4, 0.5) is 22.0 Å². The Bertz CT molecular complexity index is 1310. The summed E-state index contributed by atoms with van der Waals surface area (Å²) in [5, 5.41) is 0. The second-order valence-corrected chi connectivity index (χ2v) is 8.26. The molecule has 2 unspecified atom stereocenters. The first kappa shape index (κ1) is 25.4. The van der Waals surface area contributed by atoms with E-state index >= 15 is 8.78 Å². The first-order valence-corrected chi connectivity index (χ1v) is 11.4. The summed E-state index contributed by atoms with van der Waals surface area (Å²) in [6.07, 6.45) is 2.24. The lowest BCUT2D eigenvalue weighted by Crippen LogP contribution is -2.18. The molecular weight excluding hydrogens is 479 g/mol. The van der Waals surface area contributed by atoms with Gasteiger partial charge in [0.2, 0.25) is 0 Å². The van der Waals surface area contributed by atoms with Gasteiger partial charge in [-0.15, -0.1) is 6.58 Å². The molecule has 0 amide bonds. The molecule has 188 valence electrons. The van der Waals surface area contributed by atoms with Crippen LogP contribution >= 0.6 is 0 Å². The zero-order valence-electron chi connectivity index (χ0n) is 19.4. The molecule has 2 aromatic carbocycles. The Morgan fingerprint density at radius 1 is 1.00 bits per heavy atom. The molecular formula is C28H23F5O3. The largest absolute Gasteiger partial charge is 0.491 e. The van der Waals surface area contributed by atoms with E-state index in [9.17, 15) is 18.0 Å². The summed E-state index contributed by atoms with van der Waals surface area (Å²) in [6, 6.07) is 4.83. The van der Waals surface area contributed by atoms with E-state index in [2.05, 4.69) is 6.58 Å². The highest BCUT2D eigenvalue weighted by atomic mass is 19.2. The number of benzene rings is 2. The van der Waals surface area contributed by atoms with Crippen LogP contribution in [0.25, 0.3) is 11.1 Å². The average Bonchev–Trinajstić information content (AvgIpc) is 3.04. The minimum atomic E-state index is -2.57. The smallest absolute Gasteiger partial charge is 0.346 e. The number of carbonyl (C=O) groups excluding carboxylic acids is 1. The van der Waals surface area contributed by atoms with E-state index in [0.717, 1.165) is 6.07 Å².